The van der Waals surface area contributed by atoms with E-state index in [0.29, 0.717) is 18.8 Å². The predicted molar refractivity (Wildman–Crippen MR) is 93.5 cm³/mol. The highest BCUT2D eigenvalue weighted by molar-refractivity contribution is 5.89. The van der Waals surface area contributed by atoms with Crippen molar-refractivity contribution in [1.29, 1.82) is 0 Å². The van der Waals surface area contributed by atoms with Crippen LogP contribution < -0.4 is 16.4 Å². The second-order valence-electron chi connectivity index (χ2n) is 7.00. The Kier molecular flexibility index (Phi) is 5.53. The molecule has 2 aliphatic rings. The molecular formula is C18H25FN4O2. The van der Waals surface area contributed by atoms with Gasteiger partial charge in [-0.2, -0.15) is 0 Å². The van der Waals surface area contributed by atoms with Crippen LogP contribution >= 0.6 is 0 Å². The van der Waals surface area contributed by atoms with Crippen LogP contribution in [0.3, 0.4) is 0 Å². The van der Waals surface area contributed by atoms with E-state index in [4.69, 9.17) is 5.73 Å². The van der Waals surface area contributed by atoms with Crippen LogP contribution in [0, 0.1) is 11.7 Å². The Hall–Kier alpha value is -2.15. The number of amides is 3. The van der Waals surface area contributed by atoms with Gasteiger partial charge >= 0.3 is 6.03 Å². The number of nitrogens with zero attached hydrogens (tertiary/aromatic N) is 1. The summed E-state index contributed by atoms with van der Waals surface area (Å²) in [5, 5.41) is 5.55. The molecule has 25 heavy (non-hydrogen) atoms. The molecule has 7 heteroatoms. The van der Waals surface area contributed by atoms with Crippen molar-refractivity contribution in [1.82, 2.24) is 10.2 Å². The van der Waals surface area contributed by atoms with E-state index < -0.39 is 0 Å². The van der Waals surface area contributed by atoms with Gasteiger partial charge in [0.15, 0.2) is 0 Å². The quantitative estimate of drug-likeness (QED) is 0.781. The Labute approximate surface area is 146 Å². The molecule has 1 aromatic carbocycles. The Balaban J connectivity index is 1.46. The van der Waals surface area contributed by atoms with Gasteiger partial charge in [-0.3, -0.25) is 4.79 Å². The molecule has 3 unspecified atom stereocenters. The highest BCUT2D eigenvalue weighted by Gasteiger charge is 2.33. The first kappa shape index (κ1) is 17.7. The van der Waals surface area contributed by atoms with Gasteiger partial charge in [0.1, 0.15) is 5.82 Å². The Morgan fingerprint density at radius 3 is 2.64 bits per heavy atom. The Morgan fingerprint density at radius 2 is 1.92 bits per heavy atom. The van der Waals surface area contributed by atoms with Gasteiger partial charge < -0.3 is 21.3 Å². The van der Waals surface area contributed by atoms with Gasteiger partial charge in [0.25, 0.3) is 0 Å². The minimum Gasteiger partial charge on any atom is -0.340 e. The lowest BCUT2D eigenvalue weighted by molar-refractivity contribution is -0.135. The molecule has 3 amide bonds. The number of nitrogens with one attached hydrogen (secondary N) is 2. The van der Waals surface area contributed by atoms with Gasteiger partial charge in [0.2, 0.25) is 5.91 Å². The minimum atomic E-state index is -0.349. The molecule has 0 spiro atoms. The first-order chi connectivity index (χ1) is 12.0. The first-order valence-electron chi connectivity index (χ1n) is 8.88. The average molecular weight is 348 g/mol. The maximum absolute atomic E-state index is 12.9. The second kappa shape index (κ2) is 7.82. The number of rotatable bonds is 3. The number of hydrogen-bond donors (Lipinski definition) is 3. The van der Waals surface area contributed by atoms with Crippen LogP contribution in [0.4, 0.5) is 14.9 Å². The molecular weight excluding hydrogens is 323 g/mol. The molecule has 1 aliphatic heterocycles. The van der Waals surface area contributed by atoms with Crippen molar-refractivity contribution >= 4 is 17.6 Å². The molecule has 0 bridgehead atoms. The standard InChI is InChI=1S/C18H25FN4O2/c19-13-4-6-15(7-5-13)21-18(25)22-16-8-9-23(11-16)17(24)12-2-1-3-14(20)10-12/h4-7,12,14,16H,1-3,8-11,20H2,(H2,21,22,25). The maximum atomic E-state index is 12.9. The topological polar surface area (TPSA) is 87.5 Å². The van der Waals surface area contributed by atoms with E-state index in [1.165, 1.54) is 24.3 Å². The van der Waals surface area contributed by atoms with E-state index in [9.17, 15) is 14.0 Å². The van der Waals surface area contributed by atoms with Crippen molar-refractivity contribution in [3.05, 3.63) is 30.1 Å². The first-order valence-corrected chi connectivity index (χ1v) is 8.88. The molecule has 4 N–H and O–H groups in total. The zero-order valence-electron chi connectivity index (χ0n) is 14.2. The monoisotopic (exact) mass is 348 g/mol. The van der Waals surface area contributed by atoms with Gasteiger partial charge in [0.05, 0.1) is 0 Å². The second-order valence-corrected chi connectivity index (χ2v) is 7.00. The van der Waals surface area contributed by atoms with Crippen LogP contribution in [0.1, 0.15) is 32.1 Å². The molecule has 136 valence electrons. The number of likely N-dealkylation sites (tertiary alicyclic amines) is 1. The summed E-state index contributed by atoms with van der Waals surface area (Å²) in [6.45, 7) is 1.19. The van der Waals surface area contributed by atoms with Gasteiger partial charge in [0, 0.05) is 36.8 Å². The molecule has 1 aromatic rings. The number of urea groups is 1. The molecule has 0 aromatic heterocycles. The molecule has 3 atom stereocenters. The fraction of sp³-hybridized carbons (Fsp3) is 0.556. The zero-order valence-corrected chi connectivity index (χ0v) is 14.2. The van der Waals surface area contributed by atoms with Gasteiger partial charge in [-0.15, -0.1) is 0 Å². The number of carbonyl (C=O) groups is 2. The highest BCUT2D eigenvalue weighted by Crippen LogP contribution is 2.26. The summed E-state index contributed by atoms with van der Waals surface area (Å²) >= 11 is 0. The fourth-order valence-electron chi connectivity index (χ4n) is 3.67. The summed E-state index contributed by atoms with van der Waals surface area (Å²) in [6, 6.07) is 5.31. The van der Waals surface area contributed by atoms with Crippen LogP contribution in [-0.2, 0) is 4.79 Å². The third-order valence-corrected chi connectivity index (χ3v) is 5.00. The van der Waals surface area contributed by atoms with Crippen LogP contribution in [0.5, 0.6) is 0 Å². The van der Waals surface area contributed by atoms with Gasteiger partial charge in [-0.1, -0.05) is 6.42 Å². The molecule has 2 fully saturated rings. The lowest BCUT2D eigenvalue weighted by atomic mass is 9.85. The normalized spacial score (nSPS) is 26.3. The van der Waals surface area contributed by atoms with E-state index >= 15 is 0 Å². The molecule has 1 saturated heterocycles. The van der Waals surface area contributed by atoms with E-state index in [0.717, 1.165) is 32.1 Å². The summed E-state index contributed by atoms with van der Waals surface area (Å²) < 4.78 is 12.9. The van der Waals surface area contributed by atoms with Crippen molar-refractivity contribution in [2.24, 2.45) is 11.7 Å². The smallest absolute Gasteiger partial charge is 0.319 e. The predicted octanol–water partition coefficient (Wildman–Crippen LogP) is 2.07. The summed E-state index contributed by atoms with van der Waals surface area (Å²) in [6.07, 6.45) is 4.41. The number of anilines is 1. The Bertz CT molecular complexity index is 622. The largest absolute Gasteiger partial charge is 0.340 e. The molecule has 0 radical (unpaired) electrons. The lowest BCUT2D eigenvalue weighted by Gasteiger charge is -2.29. The summed E-state index contributed by atoms with van der Waals surface area (Å²) in [7, 11) is 0. The molecule has 1 heterocycles. The van der Waals surface area contributed by atoms with Gasteiger partial charge in [-0.25, -0.2) is 9.18 Å². The summed E-state index contributed by atoms with van der Waals surface area (Å²) in [5.41, 5.74) is 6.51. The van der Waals surface area contributed by atoms with Crippen molar-refractivity contribution < 1.29 is 14.0 Å². The third kappa shape index (κ3) is 4.69. The van der Waals surface area contributed by atoms with Crippen LogP contribution in [0.25, 0.3) is 0 Å². The fourth-order valence-corrected chi connectivity index (χ4v) is 3.67. The van der Waals surface area contributed by atoms with Crippen molar-refractivity contribution in [2.75, 3.05) is 18.4 Å². The highest BCUT2D eigenvalue weighted by atomic mass is 19.1. The number of hydrogen-bond acceptors (Lipinski definition) is 3. The van der Waals surface area contributed by atoms with Crippen LogP contribution in [0.2, 0.25) is 0 Å². The molecule has 3 rings (SSSR count). The van der Waals surface area contributed by atoms with E-state index in [1.807, 2.05) is 4.90 Å². The molecule has 6 nitrogen and oxygen atoms in total. The molecule has 1 saturated carbocycles. The zero-order chi connectivity index (χ0) is 17.8. The van der Waals surface area contributed by atoms with Crippen molar-refractivity contribution in [3.63, 3.8) is 0 Å². The number of benzene rings is 1. The number of nitrogens with two attached hydrogens (primary N) is 1. The lowest BCUT2D eigenvalue weighted by Crippen LogP contribution is -2.43. The van der Waals surface area contributed by atoms with Crippen molar-refractivity contribution in [2.45, 2.75) is 44.2 Å². The SMILES string of the molecule is NC1CCCC(C(=O)N2CCC(NC(=O)Nc3ccc(F)cc3)C2)C1. The summed E-state index contributed by atoms with van der Waals surface area (Å²) in [5.74, 6) is -0.160. The van der Waals surface area contributed by atoms with E-state index in [2.05, 4.69) is 10.6 Å². The van der Waals surface area contributed by atoms with E-state index in [1.54, 1.807) is 0 Å². The Morgan fingerprint density at radius 1 is 1.16 bits per heavy atom. The maximum Gasteiger partial charge on any atom is 0.319 e. The number of halogens is 1. The number of carbonyl (C=O) groups excluding carboxylic acids is 2. The van der Waals surface area contributed by atoms with Crippen LogP contribution in [-0.4, -0.2) is 42.0 Å². The van der Waals surface area contributed by atoms with E-state index in [-0.39, 0.29) is 35.8 Å². The minimum absolute atomic E-state index is 0.0236. The summed E-state index contributed by atoms with van der Waals surface area (Å²) in [4.78, 5) is 26.5. The van der Waals surface area contributed by atoms with Gasteiger partial charge in [-0.05, 0) is 49.9 Å². The average Bonchev–Trinajstić information content (AvgIpc) is 3.04. The van der Waals surface area contributed by atoms with Crippen LogP contribution in [0.15, 0.2) is 24.3 Å². The van der Waals surface area contributed by atoms with Crippen molar-refractivity contribution in [3.8, 4) is 0 Å². The third-order valence-electron chi connectivity index (χ3n) is 5.00. The molecule has 1 aliphatic carbocycles.